The summed E-state index contributed by atoms with van der Waals surface area (Å²) in [6.07, 6.45) is 4.10. The van der Waals surface area contributed by atoms with Gasteiger partial charge in [-0.2, -0.15) is 16.8 Å². The van der Waals surface area contributed by atoms with Gasteiger partial charge in [0, 0.05) is 45.8 Å². The molecule has 0 heterocycles. The Morgan fingerprint density at radius 2 is 1.59 bits per heavy atom. The minimum absolute atomic E-state index is 0.530. The topological polar surface area (TPSA) is 30.9 Å². The zero-order chi connectivity index (χ0) is 12.9. The zero-order valence-corrected chi connectivity index (χ0v) is 12.4. The molecule has 0 saturated heterocycles. The Balaban J connectivity index is 3.75. The molecule has 0 aliphatic rings. The highest BCUT2D eigenvalue weighted by Crippen LogP contribution is 2.07. The van der Waals surface area contributed by atoms with Crippen molar-refractivity contribution in [2.45, 2.75) is 25.0 Å². The number of hydroxylamine groups is 2. The second kappa shape index (κ2) is 12.6. The molecule has 0 amide bonds. The van der Waals surface area contributed by atoms with Gasteiger partial charge in [0.25, 0.3) is 0 Å². The highest BCUT2D eigenvalue weighted by molar-refractivity contribution is 7.99. The lowest BCUT2D eigenvalue weighted by Crippen LogP contribution is -2.30. The number of methoxy groups -OCH3 is 2. The molecule has 0 bridgehead atoms. The molecule has 0 aromatic heterocycles. The van der Waals surface area contributed by atoms with Gasteiger partial charge in [-0.05, 0) is 19.1 Å². The van der Waals surface area contributed by atoms with Crippen LogP contribution in [-0.4, -0.2) is 63.7 Å². The van der Waals surface area contributed by atoms with Gasteiger partial charge >= 0.3 is 0 Å². The van der Waals surface area contributed by atoms with Crippen LogP contribution in [0.5, 0.6) is 0 Å². The van der Waals surface area contributed by atoms with Crippen molar-refractivity contribution < 1.29 is 14.3 Å². The molecule has 104 valence electrons. The fourth-order valence-corrected chi connectivity index (χ4v) is 1.49. The Kier molecular flexibility index (Phi) is 12.8. The molecule has 17 heavy (non-hydrogen) atoms. The van der Waals surface area contributed by atoms with Gasteiger partial charge in [-0.25, -0.2) is 0 Å². The molecule has 0 aromatic carbocycles. The number of ether oxygens (including phenoxy) is 2. The first-order chi connectivity index (χ1) is 8.24. The SMILES string of the molecule is COCCCN(CCCOC)OCC(C)SC. The quantitative estimate of drug-likeness (QED) is 0.398. The van der Waals surface area contributed by atoms with Crippen molar-refractivity contribution in [3.05, 3.63) is 0 Å². The van der Waals surface area contributed by atoms with Crippen molar-refractivity contribution in [2.24, 2.45) is 0 Å². The van der Waals surface area contributed by atoms with Gasteiger partial charge in [0.15, 0.2) is 0 Å². The van der Waals surface area contributed by atoms with E-state index in [2.05, 4.69) is 13.2 Å². The summed E-state index contributed by atoms with van der Waals surface area (Å²) in [6, 6.07) is 0. The maximum atomic E-state index is 5.79. The van der Waals surface area contributed by atoms with Crippen LogP contribution in [0.2, 0.25) is 0 Å². The van der Waals surface area contributed by atoms with Crippen LogP contribution < -0.4 is 0 Å². The van der Waals surface area contributed by atoms with Crippen LogP contribution in [0, 0.1) is 0 Å². The van der Waals surface area contributed by atoms with Crippen LogP contribution in [0.3, 0.4) is 0 Å². The normalized spacial score (nSPS) is 13.2. The average Bonchev–Trinajstić information content (AvgIpc) is 2.35. The van der Waals surface area contributed by atoms with Gasteiger partial charge in [-0.15, -0.1) is 0 Å². The number of rotatable bonds is 12. The Morgan fingerprint density at radius 3 is 2.00 bits per heavy atom. The van der Waals surface area contributed by atoms with Crippen molar-refractivity contribution >= 4 is 11.8 Å². The van der Waals surface area contributed by atoms with Crippen LogP contribution in [0.4, 0.5) is 0 Å². The minimum atomic E-state index is 0.530. The Bertz CT molecular complexity index is 151. The van der Waals surface area contributed by atoms with Crippen molar-refractivity contribution in [3.8, 4) is 0 Å². The van der Waals surface area contributed by atoms with E-state index in [1.54, 1.807) is 14.2 Å². The van der Waals surface area contributed by atoms with Crippen LogP contribution in [0.1, 0.15) is 19.8 Å². The monoisotopic (exact) mass is 265 g/mol. The van der Waals surface area contributed by atoms with E-state index in [9.17, 15) is 0 Å². The molecule has 0 aromatic rings. The van der Waals surface area contributed by atoms with Crippen molar-refractivity contribution in [1.29, 1.82) is 0 Å². The van der Waals surface area contributed by atoms with Crippen molar-refractivity contribution in [3.63, 3.8) is 0 Å². The molecule has 0 saturated carbocycles. The third kappa shape index (κ3) is 11.0. The molecule has 1 unspecified atom stereocenters. The van der Waals surface area contributed by atoms with Crippen LogP contribution in [0.25, 0.3) is 0 Å². The fraction of sp³-hybridized carbons (Fsp3) is 1.00. The summed E-state index contributed by atoms with van der Waals surface area (Å²) in [7, 11) is 3.46. The molecule has 0 aliphatic carbocycles. The highest BCUT2D eigenvalue weighted by Gasteiger charge is 2.07. The fourth-order valence-electron chi connectivity index (χ4n) is 1.29. The maximum absolute atomic E-state index is 5.79. The van der Waals surface area contributed by atoms with Gasteiger partial charge in [0.05, 0.1) is 6.61 Å². The highest BCUT2D eigenvalue weighted by atomic mass is 32.2. The molecular weight excluding hydrogens is 238 g/mol. The summed E-state index contributed by atoms with van der Waals surface area (Å²) in [5.74, 6) is 0. The Morgan fingerprint density at radius 1 is 1.06 bits per heavy atom. The molecule has 1 atom stereocenters. The van der Waals surface area contributed by atoms with E-state index in [-0.39, 0.29) is 0 Å². The third-order valence-corrected chi connectivity index (χ3v) is 3.35. The summed E-state index contributed by atoms with van der Waals surface area (Å²) in [6.45, 7) is 6.33. The number of hydrogen-bond acceptors (Lipinski definition) is 5. The summed E-state index contributed by atoms with van der Waals surface area (Å²) in [4.78, 5) is 5.79. The second-order valence-electron chi connectivity index (χ2n) is 3.96. The summed E-state index contributed by atoms with van der Waals surface area (Å²) in [5.41, 5.74) is 0. The largest absolute Gasteiger partial charge is 0.385 e. The standard InChI is InChI=1S/C12H27NO3S/c1-12(17-4)11-16-13(7-5-9-14-2)8-6-10-15-3/h12H,5-11H2,1-4H3. The lowest BCUT2D eigenvalue weighted by atomic mass is 10.4. The summed E-state index contributed by atoms with van der Waals surface area (Å²) < 4.78 is 10.1. The van der Waals surface area contributed by atoms with E-state index < -0.39 is 0 Å². The van der Waals surface area contributed by atoms with Gasteiger partial charge in [0.2, 0.25) is 0 Å². The smallest absolute Gasteiger partial charge is 0.0801 e. The molecule has 0 aliphatic heterocycles. The zero-order valence-electron chi connectivity index (χ0n) is 11.6. The van der Waals surface area contributed by atoms with Gasteiger partial charge in [-0.1, -0.05) is 6.92 Å². The second-order valence-corrected chi connectivity index (χ2v) is 5.24. The minimum Gasteiger partial charge on any atom is -0.385 e. The average molecular weight is 265 g/mol. The molecule has 0 N–H and O–H groups in total. The third-order valence-electron chi connectivity index (χ3n) is 2.41. The number of hydrogen-bond donors (Lipinski definition) is 0. The van der Waals surface area contributed by atoms with E-state index in [4.69, 9.17) is 14.3 Å². The van der Waals surface area contributed by atoms with Gasteiger partial charge < -0.3 is 9.47 Å². The predicted molar refractivity (Wildman–Crippen MR) is 73.5 cm³/mol. The molecular formula is C12H27NO3S. The molecule has 0 radical (unpaired) electrons. The van der Waals surface area contributed by atoms with Crippen LogP contribution in [-0.2, 0) is 14.3 Å². The molecule has 5 heteroatoms. The van der Waals surface area contributed by atoms with Gasteiger partial charge in [0.1, 0.15) is 0 Å². The van der Waals surface area contributed by atoms with Crippen LogP contribution in [0.15, 0.2) is 0 Å². The van der Waals surface area contributed by atoms with Crippen molar-refractivity contribution in [2.75, 3.05) is 53.4 Å². The number of nitrogens with zero attached hydrogens (tertiary/aromatic N) is 1. The van der Waals surface area contributed by atoms with Gasteiger partial charge in [-0.3, -0.25) is 4.84 Å². The first-order valence-corrected chi connectivity index (χ1v) is 7.42. The Labute approximate surface area is 110 Å². The molecule has 0 fully saturated rings. The van der Waals surface area contributed by atoms with Crippen molar-refractivity contribution in [1.82, 2.24) is 5.06 Å². The maximum Gasteiger partial charge on any atom is 0.0801 e. The lowest BCUT2D eigenvalue weighted by molar-refractivity contribution is -0.161. The predicted octanol–water partition coefficient (Wildman–Crippen LogP) is 2.04. The summed E-state index contributed by atoms with van der Waals surface area (Å²) >= 11 is 1.82. The van der Waals surface area contributed by atoms with E-state index >= 15 is 0 Å². The first-order valence-electron chi connectivity index (χ1n) is 6.13. The van der Waals surface area contributed by atoms with E-state index in [0.717, 1.165) is 45.8 Å². The van der Waals surface area contributed by atoms with Crippen LogP contribution >= 0.6 is 11.8 Å². The van der Waals surface area contributed by atoms with E-state index in [0.29, 0.717) is 5.25 Å². The summed E-state index contributed by atoms with van der Waals surface area (Å²) in [5, 5.41) is 2.56. The first kappa shape index (κ1) is 17.2. The molecule has 4 nitrogen and oxygen atoms in total. The van der Waals surface area contributed by atoms with E-state index in [1.165, 1.54) is 0 Å². The number of thioether (sulfide) groups is 1. The van der Waals surface area contributed by atoms with E-state index in [1.807, 2.05) is 16.8 Å². The molecule has 0 rings (SSSR count). The molecule has 0 spiro atoms. The lowest BCUT2D eigenvalue weighted by Gasteiger charge is -2.23. The Hall–Kier alpha value is 0.190.